The Labute approximate surface area is 126 Å². The van der Waals surface area contributed by atoms with Crippen LogP contribution < -0.4 is 5.32 Å². The summed E-state index contributed by atoms with van der Waals surface area (Å²) in [6, 6.07) is 6.75. The molecule has 110 valence electrons. The molecule has 1 atom stereocenters. The second kappa shape index (κ2) is 7.14. The number of thioether (sulfide) groups is 1. The molecule has 1 heterocycles. The molecule has 1 N–H and O–H groups in total. The van der Waals surface area contributed by atoms with E-state index < -0.39 is 0 Å². The molecule has 0 spiro atoms. The van der Waals surface area contributed by atoms with E-state index in [2.05, 4.69) is 37.4 Å². The fourth-order valence-corrected chi connectivity index (χ4v) is 3.43. The van der Waals surface area contributed by atoms with E-state index in [1.165, 1.54) is 16.7 Å². The maximum atomic E-state index is 12.3. The lowest BCUT2D eigenvalue weighted by Gasteiger charge is -2.25. The number of carbonyl (C=O) groups is 1. The van der Waals surface area contributed by atoms with Gasteiger partial charge in [-0.05, 0) is 25.0 Å². The lowest BCUT2D eigenvalue weighted by molar-refractivity contribution is -0.130. The van der Waals surface area contributed by atoms with E-state index in [1.807, 2.05) is 23.7 Å². The van der Waals surface area contributed by atoms with Crippen molar-refractivity contribution in [1.29, 1.82) is 0 Å². The van der Waals surface area contributed by atoms with Crippen molar-refractivity contribution in [3.8, 4) is 0 Å². The molecule has 2 rings (SSSR count). The van der Waals surface area contributed by atoms with E-state index in [1.54, 1.807) is 0 Å². The summed E-state index contributed by atoms with van der Waals surface area (Å²) in [5.41, 5.74) is 3.76. The van der Waals surface area contributed by atoms with Gasteiger partial charge < -0.3 is 10.2 Å². The number of carbonyl (C=O) groups excluding carboxylic acids is 1. The Morgan fingerprint density at radius 2 is 2.25 bits per heavy atom. The first-order valence-corrected chi connectivity index (χ1v) is 8.33. The SMILES string of the molecule is Cc1ccc(CN(C)C(=O)CC2CSCCN2)c(C)c1. The van der Waals surface area contributed by atoms with Crippen molar-refractivity contribution >= 4 is 17.7 Å². The van der Waals surface area contributed by atoms with Crippen LogP contribution in [0.3, 0.4) is 0 Å². The predicted octanol–water partition coefficient (Wildman–Crippen LogP) is 2.36. The highest BCUT2D eigenvalue weighted by atomic mass is 32.2. The van der Waals surface area contributed by atoms with Crippen LogP contribution in [0.1, 0.15) is 23.1 Å². The van der Waals surface area contributed by atoms with Gasteiger partial charge in [-0.3, -0.25) is 4.79 Å². The van der Waals surface area contributed by atoms with Gasteiger partial charge in [0.15, 0.2) is 0 Å². The van der Waals surface area contributed by atoms with Gasteiger partial charge >= 0.3 is 0 Å². The number of aryl methyl sites for hydroxylation is 2. The normalized spacial score (nSPS) is 18.9. The fourth-order valence-electron chi connectivity index (χ4n) is 2.48. The topological polar surface area (TPSA) is 32.3 Å². The molecule has 1 aromatic rings. The molecule has 1 saturated heterocycles. The van der Waals surface area contributed by atoms with Crippen molar-refractivity contribution in [1.82, 2.24) is 10.2 Å². The molecule has 1 amide bonds. The van der Waals surface area contributed by atoms with Crippen LogP contribution >= 0.6 is 11.8 Å². The molecule has 0 radical (unpaired) electrons. The summed E-state index contributed by atoms with van der Waals surface area (Å²) in [4.78, 5) is 14.1. The largest absolute Gasteiger partial charge is 0.341 e. The van der Waals surface area contributed by atoms with E-state index in [-0.39, 0.29) is 5.91 Å². The van der Waals surface area contributed by atoms with E-state index in [0.29, 0.717) is 19.0 Å². The Balaban J connectivity index is 1.89. The van der Waals surface area contributed by atoms with Gasteiger partial charge in [-0.2, -0.15) is 11.8 Å². The highest BCUT2D eigenvalue weighted by Crippen LogP contribution is 2.15. The Morgan fingerprint density at radius 1 is 1.45 bits per heavy atom. The smallest absolute Gasteiger partial charge is 0.224 e. The molecular weight excluding hydrogens is 268 g/mol. The van der Waals surface area contributed by atoms with Crippen molar-refractivity contribution < 1.29 is 4.79 Å². The van der Waals surface area contributed by atoms with Gasteiger partial charge in [-0.25, -0.2) is 0 Å². The average Bonchev–Trinajstić information content (AvgIpc) is 2.43. The number of rotatable bonds is 4. The van der Waals surface area contributed by atoms with Crippen molar-refractivity contribution in [3.05, 3.63) is 34.9 Å². The number of nitrogens with one attached hydrogen (secondary N) is 1. The Hall–Kier alpha value is -1.00. The van der Waals surface area contributed by atoms with E-state index in [4.69, 9.17) is 0 Å². The zero-order valence-corrected chi connectivity index (χ0v) is 13.4. The van der Waals surface area contributed by atoms with Crippen molar-refractivity contribution in [2.24, 2.45) is 0 Å². The van der Waals surface area contributed by atoms with Gasteiger partial charge in [0, 0.05) is 44.1 Å². The first-order chi connectivity index (χ1) is 9.56. The van der Waals surface area contributed by atoms with Crippen LogP contribution in [-0.2, 0) is 11.3 Å². The molecule has 1 unspecified atom stereocenters. The Morgan fingerprint density at radius 3 is 2.90 bits per heavy atom. The number of nitrogens with zero attached hydrogens (tertiary/aromatic N) is 1. The molecule has 4 heteroatoms. The van der Waals surface area contributed by atoms with Gasteiger partial charge in [0.1, 0.15) is 0 Å². The van der Waals surface area contributed by atoms with Gasteiger partial charge in [-0.15, -0.1) is 0 Å². The number of hydrogen-bond acceptors (Lipinski definition) is 3. The zero-order chi connectivity index (χ0) is 14.5. The average molecular weight is 292 g/mol. The second-order valence-electron chi connectivity index (χ2n) is 5.61. The Kier molecular flexibility index (Phi) is 5.49. The fraction of sp³-hybridized carbons (Fsp3) is 0.562. The van der Waals surface area contributed by atoms with E-state index in [9.17, 15) is 4.79 Å². The quantitative estimate of drug-likeness (QED) is 0.924. The molecule has 1 fully saturated rings. The van der Waals surface area contributed by atoms with Gasteiger partial charge in [0.2, 0.25) is 5.91 Å². The summed E-state index contributed by atoms with van der Waals surface area (Å²) in [7, 11) is 1.90. The van der Waals surface area contributed by atoms with Gasteiger partial charge in [0.25, 0.3) is 0 Å². The highest BCUT2D eigenvalue weighted by Gasteiger charge is 2.19. The number of hydrogen-bond donors (Lipinski definition) is 1. The third-order valence-corrected chi connectivity index (χ3v) is 4.88. The van der Waals surface area contributed by atoms with Gasteiger partial charge in [0.05, 0.1) is 0 Å². The minimum atomic E-state index is 0.227. The maximum Gasteiger partial charge on any atom is 0.224 e. The van der Waals surface area contributed by atoms with Crippen LogP contribution in [0.15, 0.2) is 18.2 Å². The minimum Gasteiger partial charge on any atom is -0.341 e. The van der Waals surface area contributed by atoms with Crippen LogP contribution in [0.25, 0.3) is 0 Å². The highest BCUT2D eigenvalue weighted by molar-refractivity contribution is 7.99. The molecule has 0 saturated carbocycles. The van der Waals surface area contributed by atoms with Crippen LogP contribution in [0.5, 0.6) is 0 Å². The monoisotopic (exact) mass is 292 g/mol. The molecule has 0 bridgehead atoms. The predicted molar refractivity (Wildman–Crippen MR) is 86.1 cm³/mol. The second-order valence-corrected chi connectivity index (χ2v) is 6.76. The molecule has 1 aromatic carbocycles. The summed E-state index contributed by atoms with van der Waals surface area (Å²) in [5.74, 6) is 2.43. The summed E-state index contributed by atoms with van der Waals surface area (Å²) >= 11 is 1.93. The Bertz CT molecular complexity index is 470. The van der Waals surface area contributed by atoms with E-state index >= 15 is 0 Å². The summed E-state index contributed by atoms with van der Waals surface area (Å²) in [6.07, 6.45) is 0.606. The zero-order valence-electron chi connectivity index (χ0n) is 12.6. The van der Waals surface area contributed by atoms with Crippen molar-refractivity contribution in [2.45, 2.75) is 32.9 Å². The van der Waals surface area contributed by atoms with Crippen LogP contribution in [0.2, 0.25) is 0 Å². The van der Waals surface area contributed by atoms with Gasteiger partial charge in [-0.1, -0.05) is 23.8 Å². The molecule has 0 aromatic heterocycles. The molecule has 1 aliphatic rings. The molecule has 3 nitrogen and oxygen atoms in total. The van der Waals surface area contributed by atoms with Crippen molar-refractivity contribution in [3.63, 3.8) is 0 Å². The van der Waals surface area contributed by atoms with Crippen LogP contribution in [0, 0.1) is 13.8 Å². The summed E-state index contributed by atoms with van der Waals surface area (Å²) in [5, 5.41) is 3.42. The molecule has 20 heavy (non-hydrogen) atoms. The van der Waals surface area contributed by atoms with Crippen molar-refractivity contribution in [2.75, 3.05) is 25.1 Å². The maximum absolute atomic E-state index is 12.3. The standard InChI is InChI=1S/C16H24N2OS/c1-12-4-5-14(13(2)8-12)10-18(3)16(19)9-15-11-20-7-6-17-15/h4-5,8,15,17H,6-7,9-11H2,1-3H3. The summed E-state index contributed by atoms with van der Waals surface area (Å²) < 4.78 is 0. The minimum absolute atomic E-state index is 0.227. The van der Waals surface area contributed by atoms with E-state index in [0.717, 1.165) is 18.1 Å². The lowest BCUT2D eigenvalue weighted by atomic mass is 10.1. The van der Waals surface area contributed by atoms with Crippen LogP contribution in [0.4, 0.5) is 0 Å². The number of benzene rings is 1. The molecule has 1 aliphatic heterocycles. The number of amides is 1. The summed E-state index contributed by atoms with van der Waals surface area (Å²) in [6.45, 7) is 5.92. The van der Waals surface area contributed by atoms with Crippen LogP contribution in [-0.4, -0.2) is 41.9 Å². The third-order valence-electron chi connectivity index (χ3n) is 3.75. The molecule has 0 aliphatic carbocycles. The first-order valence-electron chi connectivity index (χ1n) is 7.17. The molecular formula is C16H24N2OS. The third kappa shape index (κ3) is 4.25. The lowest BCUT2D eigenvalue weighted by Crippen LogP contribution is -2.41. The first kappa shape index (κ1) is 15.4.